The van der Waals surface area contributed by atoms with Crippen LogP contribution in [-0.4, -0.2) is 12.8 Å². The predicted octanol–water partition coefficient (Wildman–Crippen LogP) is 1.47. The van der Waals surface area contributed by atoms with Gasteiger partial charge in [0.2, 0.25) is 0 Å². The summed E-state index contributed by atoms with van der Waals surface area (Å²) in [6.07, 6.45) is 0. The molecule has 0 spiro atoms. The Morgan fingerprint density at radius 3 is 3.15 bits per heavy atom. The van der Waals surface area contributed by atoms with Crippen molar-refractivity contribution >= 4 is 11.7 Å². The third-order valence-corrected chi connectivity index (χ3v) is 1.91. The summed E-state index contributed by atoms with van der Waals surface area (Å²) in [5.41, 5.74) is 1.73. The minimum atomic E-state index is -0.232. The van der Waals surface area contributed by atoms with E-state index in [0.717, 1.165) is 17.0 Å². The van der Waals surface area contributed by atoms with Gasteiger partial charge < -0.3 is 15.4 Å². The average Bonchev–Trinajstić information content (AvgIpc) is 2.27. The molecule has 2 amide bonds. The van der Waals surface area contributed by atoms with Crippen molar-refractivity contribution in [1.29, 1.82) is 0 Å². The molecule has 1 aromatic rings. The fourth-order valence-corrected chi connectivity index (χ4v) is 1.28. The van der Waals surface area contributed by atoms with Crippen LogP contribution in [0.5, 0.6) is 5.75 Å². The van der Waals surface area contributed by atoms with Crippen molar-refractivity contribution in [2.24, 2.45) is 0 Å². The number of hydrogen-bond acceptors (Lipinski definition) is 2. The molecule has 0 saturated carbocycles. The molecule has 2 rings (SSSR count). The van der Waals surface area contributed by atoms with Crippen LogP contribution < -0.4 is 15.4 Å². The second-order valence-electron chi connectivity index (χ2n) is 2.87. The number of anilines is 1. The number of rotatable bonds is 0. The average molecular weight is 178 g/mol. The van der Waals surface area contributed by atoms with Crippen molar-refractivity contribution in [3.8, 4) is 5.75 Å². The number of carbonyl (C=O) groups excluding carboxylic acids is 1. The van der Waals surface area contributed by atoms with E-state index in [0.29, 0.717) is 0 Å². The lowest BCUT2D eigenvalue weighted by Gasteiger charge is -2.07. The fraction of sp³-hybridized carbons (Fsp3) is 0.222. The Morgan fingerprint density at radius 2 is 2.31 bits per heavy atom. The topological polar surface area (TPSA) is 50.4 Å². The standard InChI is InChI=1S/C9H10N2O2/c1-6-3-2-4-7-8(6)13-5-10-9(12)11-7/h2-4H,5H2,1H3,(H2,10,11,12). The highest BCUT2D eigenvalue weighted by Crippen LogP contribution is 2.28. The van der Waals surface area contributed by atoms with Crippen LogP contribution in [0.15, 0.2) is 18.2 Å². The van der Waals surface area contributed by atoms with Gasteiger partial charge in [0, 0.05) is 0 Å². The predicted molar refractivity (Wildman–Crippen MR) is 48.8 cm³/mol. The number of aryl methyl sites for hydroxylation is 1. The van der Waals surface area contributed by atoms with Crippen molar-refractivity contribution < 1.29 is 9.53 Å². The highest BCUT2D eigenvalue weighted by Gasteiger charge is 2.13. The summed E-state index contributed by atoms with van der Waals surface area (Å²) in [7, 11) is 0. The summed E-state index contributed by atoms with van der Waals surface area (Å²) in [4.78, 5) is 11.1. The van der Waals surface area contributed by atoms with Crippen LogP contribution >= 0.6 is 0 Å². The Balaban J connectivity index is 2.45. The number of carbonyl (C=O) groups is 1. The maximum absolute atomic E-state index is 11.1. The van der Waals surface area contributed by atoms with Gasteiger partial charge in [0.25, 0.3) is 0 Å². The van der Waals surface area contributed by atoms with Crippen LogP contribution in [0.4, 0.5) is 10.5 Å². The minimum absolute atomic E-state index is 0.212. The van der Waals surface area contributed by atoms with E-state index in [4.69, 9.17) is 4.74 Å². The Hall–Kier alpha value is -1.71. The smallest absolute Gasteiger partial charge is 0.321 e. The van der Waals surface area contributed by atoms with Crippen LogP contribution in [-0.2, 0) is 0 Å². The zero-order valence-electron chi connectivity index (χ0n) is 7.26. The molecule has 68 valence electrons. The van der Waals surface area contributed by atoms with Gasteiger partial charge in [-0.05, 0) is 18.6 Å². The lowest BCUT2D eigenvalue weighted by atomic mass is 10.2. The van der Waals surface area contributed by atoms with Crippen LogP contribution in [0, 0.1) is 6.92 Å². The van der Waals surface area contributed by atoms with E-state index >= 15 is 0 Å². The van der Waals surface area contributed by atoms with Gasteiger partial charge in [-0.1, -0.05) is 12.1 Å². The number of fused-ring (bicyclic) bond motifs is 1. The molecule has 13 heavy (non-hydrogen) atoms. The molecule has 0 unspecified atom stereocenters. The second-order valence-corrected chi connectivity index (χ2v) is 2.87. The van der Waals surface area contributed by atoms with E-state index in [1.54, 1.807) is 0 Å². The van der Waals surface area contributed by atoms with Crippen molar-refractivity contribution in [2.75, 3.05) is 12.0 Å². The molecule has 1 aliphatic rings. The van der Waals surface area contributed by atoms with E-state index in [1.807, 2.05) is 25.1 Å². The molecule has 2 N–H and O–H groups in total. The van der Waals surface area contributed by atoms with E-state index < -0.39 is 0 Å². The molecule has 0 aromatic heterocycles. The van der Waals surface area contributed by atoms with Crippen molar-refractivity contribution in [3.05, 3.63) is 23.8 Å². The highest BCUT2D eigenvalue weighted by atomic mass is 16.5. The molecule has 0 bridgehead atoms. The Kier molecular flexibility index (Phi) is 1.81. The quantitative estimate of drug-likeness (QED) is 0.632. The zero-order valence-corrected chi connectivity index (χ0v) is 7.26. The number of para-hydroxylation sites is 1. The minimum Gasteiger partial charge on any atom is -0.471 e. The molecule has 1 aliphatic heterocycles. The summed E-state index contributed by atoms with van der Waals surface area (Å²) < 4.78 is 5.36. The Bertz CT molecular complexity index is 349. The van der Waals surface area contributed by atoms with Crippen LogP contribution in [0.1, 0.15) is 5.56 Å². The highest BCUT2D eigenvalue weighted by molar-refractivity contribution is 5.91. The third kappa shape index (κ3) is 1.42. The first kappa shape index (κ1) is 7.91. The van der Waals surface area contributed by atoms with Crippen molar-refractivity contribution in [2.45, 2.75) is 6.92 Å². The lowest BCUT2D eigenvalue weighted by Crippen LogP contribution is -2.28. The Labute approximate surface area is 75.9 Å². The normalized spacial score (nSPS) is 14.7. The Morgan fingerprint density at radius 1 is 1.46 bits per heavy atom. The van der Waals surface area contributed by atoms with E-state index in [-0.39, 0.29) is 12.8 Å². The molecule has 0 atom stereocenters. The van der Waals surface area contributed by atoms with Gasteiger partial charge >= 0.3 is 6.03 Å². The number of nitrogens with one attached hydrogen (secondary N) is 2. The number of hydrogen-bond donors (Lipinski definition) is 2. The maximum atomic E-state index is 11.1. The molecular weight excluding hydrogens is 168 g/mol. The lowest BCUT2D eigenvalue weighted by molar-refractivity contribution is 0.238. The van der Waals surface area contributed by atoms with Crippen LogP contribution in [0.2, 0.25) is 0 Å². The van der Waals surface area contributed by atoms with Gasteiger partial charge in [-0.3, -0.25) is 0 Å². The van der Waals surface area contributed by atoms with Gasteiger partial charge in [0.05, 0.1) is 5.69 Å². The number of ether oxygens (including phenoxy) is 1. The van der Waals surface area contributed by atoms with Crippen molar-refractivity contribution in [1.82, 2.24) is 5.32 Å². The second kappa shape index (κ2) is 2.97. The molecular formula is C9H10N2O2. The number of amides is 2. The molecule has 0 fully saturated rings. The van der Waals surface area contributed by atoms with Gasteiger partial charge in [0.1, 0.15) is 5.75 Å². The van der Waals surface area contributed by atoms with Crippen LogP contribution in [0.25, 0.3) is 0 Å². The number of benzene rings is 1. The van der Waals surface area contributed by atoms with Gasteiger partial charge in [0.15, 0.2) is 6.73 Å². The first-order valence-corrected chi connectivity index (χ1v) is 4.04. The molecule has 0 saturated heterocycles. The largest absolute Gasteiger partial charge is 0.471 e. The fourth-order valence-electron chi connectivity index (χ4n) is 1.28. The van der Waals surface area contributed by atoms with E-state index in [2.05, 4.69) is 10.6 Å². The monoisotopic (exact) mass is 178 g/mol. The molecule has 0 radical (unpaired) electrons. The van der Waals surface area contributed by atoms with Gasteiger partial charge in [-0.2, -0.15) is 0 Å². The molecule has 1 heterocycles. The van der Waals surface area contributed by atoms with E-state index in [9.17, 15) is 4.79 Å². The SMILES string of the molecule is Cc1cccc2c1OCNC(=O)N2. The summed E-state index contributed by atoms with van der Waals surface area (Å²) in [5, 5.41) is 5.23. The molecule has 4 nitrogen and oxygen atoms in total. The summed E-state index contributed by atoms with van der Waals surface area (Å²) in [5.74, 6) is 0.737. The van der Waals surface area contributed by atoms with Gasteiger partial charge in [-0.15, -0.1) is 0 Å². The summed E-state index contributed by atoms with van der Waals surface area (Å²) in [6, 6.07) is 5.40. The third-order valence-electron chi connectivity index (χ3n) is 1.91. The van der Waals surface area contributed by atoms with E-state index in [1.165, 1.54) is 0 Å². The molecule has 4 heteroatoms. The number of urea groups is 1. The zero-order chi connectivity index (χ0) is 9.26. The molecule has 0 aliphatic carbocycles. The van der Waals surface area contributed by atoms with Crippen LogP contribution in [0.3, 0.4) is 0 Å². The van der Waals surface area contributed by atoms with Crippen molar-refractivity contribution in [3.63, 3.8) is 0 Å². The first-order valence-electron chi connectivity index (χ1n) is 4.04. The van der Waals surface area contributed by atoms with Gasteiger partial charge in [-0.25, -0.2) is 4.79 Å². The summed E-state index contributed by atoms with van der Waals surface area (Å²) in [6.45, 7) is 2.15. The molecule has 1 aromatic carbocycles. The maximum Gasteiger partial charge on any atom is 0.321 e. The first-order chi connectivity index (χ1) is 6.27. The summed E-state index contributed by atoms with van der Waals surface area (Å²) >= 11 is 0.